The Hall–Kier alpha value is -2.49. The summed E-state index contributed by atoms with van der Waals surface area (Å²) in [5.74, 6) is -0.838. The van der Waals surface area contributed by atoms with Gasteiger partial charge in [-0.2, -0.15) is 0 Å². The Morgan fingerprint density at radius 2 is 2.04 bits per heavy atom. The van der Waals surface area contributed by atoms with Gasteiger partial charge in [0.25, 0.3) is 11.8 Å². The molecule has 23 heavy (non-hydrogen) atoms. The highest BCUT2D eigenvalue weighted by Gasteiger charge is 2.48. The fourth-order valence-electron chi connectivity index (χ4n) is 2.71. The van der Waals surface area contributed by atoms with Crippen molar-refractivity contribution < 1.29 is 19.2 Å². The SMILES string of the molecule is CC(=O)Nc1nc(C(=O)N2CCC3(CC2)NC(=O)NC3=O)cs1. The average Bonchev–Trinajstić information content (AvgIpc) is 3.04. The molecule has 0 unspecified atom stereocenters. The maximum Gasteiger partial charge on any atom is 0.322 e. The van der Waals surface area contributed by atoms with E-state index in [-0.39, 0.29) is 23.4 Å². The monoisotopic (exact) mass is 337 g/mol. The third kappa shape index (κ3) is 2.89. The van der Waals surface area contributed by atoms with Gasteiger partial charge in [0.2, 0.25) is 5.91 Å². The molecule has 0 aliphatic carbocycles. The van der Waals surface area contributed by atoms with Crippen LogP contribution in [0, 0.1) is 0 Å². The van der Waals surface area contributed by atoms with E-state index in [0.717, 1.165) is 0 Å². The van der Waals surface area contributed by atoms with E-state index in [9.17, 15) is 19.2 Å². The number of nitrogens with one attached hydrogen (secondary N) is 3. The molecule has 2 saturated heterocycles. The number of urea groups is 1. The highest BCUT2D eigenvalue weighted by molar-refractivity contribution is 7.14. The number of carbonyl (C=O) groups excluding carboxylic acids is 4. The molecule has 1 spiro atoms. The van der Waals surface area contributed by atoms with E-state index in [1.807, 2.05) is 0 Å². The maximum absolute atomic E-state index is 12.4. The summed E-state index contributed by atoms with van der Waals surface area (Å²) >= 11 is 1.18. The zero-order chi connectivity index (χ0) is 16.6. The van der Waals surface area contributed by atoms with E-state index in [1.165, 1.54) is 18.3 Å². The summed E-state index contributed by atoms with van der Waals surface area (Å²) in [6.45, 7) is 2.06. The highest BCUT2D eigenvalue weighted by Crippen LogP contribution is 2.27. The standard InChI is InChI=1S/C13H15N5O4S/c1-7(19)14-12-15-8(6-23-12)9(20)18-4-2-13(3-5-18)10(21)16-11(22)17-13/h6H,2-5H2,1H3,(H,14,15,19)(H2,16,17,21,22). The molecule has 0 atom stereocenters. The fraction of sp³-hybridized carbons (Fsp3) is 0.462. The summed E-state index contributed by atoms with van der Waals surface area (Å²) in [6.07, 6.45) is 0.720. The molecule has 0 saturated carbocycles. The number of nitrogens with zero attached hydrogens (tertiary/aromatic N) is 2. The number of likely N-dealkylation sites (tertiary alicyclic amines) is 1. The number of anilines is 1. The fourth-order valence-corrected chi connectivity index (χ4v) is 3.44. The molecule has 3 heterocycles. The molecule has 1 aromatic rings. The molecule has 9 nitrogen and oxygen atoms in total. The zero-order valence-electron chi connectivity index (χ0n) is 12.3. The summed E-state index contributed by atoms with van der Waals surface area (Å²) in [4.78, 5) is 52.2. The van der Waals surface area contributed by atoms with Gasteiger partial charge in [-0.3, -0.25) is 19.7 Å². The molecule has 2 aliphatic rings. The second kappa shape index (κ2) is 5.61. The maximum atomic E-state index is 12.4. The molecule has 2 fully saturated rings. The summed E-state index contributed by atoms with van der Waals surface area (Å²) in [7, 11) is 0. The summed E-state index contributed by atoms with van der Waals surface area (Å²) in [5.41, 5.74) is -0.647. The first-order chi connectivity index (χ1) is 10.9. The Kier molecular flexibility index (Phi) is 3.76. The van der Waals surface area contributed by atoms with E-state index in [2.05, 4.69) is 20.9 Å². The molecule has 1 aromatic heterocycles. The van der Waals surface area contributed by atoms with Gasteiger partial charge in [-0.05, 0) is 12.8 Å². The number of hydrogen-bond donors (Lipinski definition) is 3. The largest absolute Gasteiger partial charge is 0.337 e. The molecule has 0 radical (unpaired) electrons. The van der Waals surface area contributed by atoms with Gasteiger partial charge in [0.15, 0.2) is 5.13 Å². The minimum Gasteiger partial charge on any atom is -0.337 e. The number of aromatic nitrogens is 1. The highest BCUT2D eigenvalue weighted by atomic mass is 32.1. The second-order valence-electron chi connectivity index (χ2n) is 5.50. The van der Waals surface area contributed by atoms with Crippen molar-refractivity contribution in [3.05, 3.63) is 11.1 Å². The lowest BCUT2D eigenvalue weighted by molar-refractivity contribution is -0.125. The number of rotatable bonds is 2. The lowest BCUT2D eigenvalue weighted by Gasteiger charge is -2.36. The van der Waals surface area contributed by atoms with Crippen molar-refractivity contribution in [3.8, 4) is 0 Å². The van der Waals surface area contributed by atoms with Gasteiger partial charge in [-0.1, -0.05) is 0 Å². The van der Waals surface area contributed by atoms with E-state index in [0.29, 0.717) is 31.1 Å². The Morgan fingerprint density at radius 3 is 2.61 bits per heavy atom. The van der Waals surface area contributed by atoms with Crippen molar-refractivity contribution in [1.82, 2.24) is 20.5 Å². The van der Waals surface area contributed by atoms with E-state index < -0.39 is 11.6 Å². The number of carbonyl (C=O) groups is 4. The first-order valence-electron chi connectivity index (χ1n) is 7.06. The Labute approximate surface area is 135 Å². The molecule has 3 N–H and O–H groups in total. The number of imide groups is 1. The van der Waals surface area contributed by atoms with Crippen LogP contribution in [0.2, 0.25) is 0 Å². The van der Waals surface area contributed by atoms with Crippen molar-refractivity contribution in [1.29, 1.82) is 0 Å². The van der Waals surface area contributed by atoms with Crippen LogP contribution < -0.4 is 16.0 Å². The quantitative estimate of drug-likeness (QED) is 0.652. The summed E-state index contributed by atoms with van der Waals surface area (Å²) < 4.78 is 0. The van der Waals surface area contributed by atoms with Crippen LogP contribution in [0.25, 0.3) is 0 Å². The van der Waals surface area contributed by atoms with Crippen LogP contribution in [0.1, 0.15) is 30.3 Å². The predicted molar refractivity (Wildman–Crippen MR) is 81.0 cm³/mol. The lowest BCUT2D eigenvalue weighted by atomic mass is 9.87. The van der Waals surface area contributed by atoms with Crippen molar-refractivity contribution in [3.63, 3.8) is 0 Å². The minimum absolute atomic E-state index is 0.249. The molecule has 5 amide bonds. The number of amides is 5. The number of piperidine rings is 1. The Morgan fingerprint density at radius 1 is 1.35 bits per heavy atom. The first-order valence-corrected chi connectivity index (χ1v) is 7.94. The number of thiazole rings is 1. The zero-order valence-corrected chi connectivity index (χ0v) is 13.2. The van der Waals surface area contributed by atoms with Gasteiger partial charge in [0.05, 0.1) is 0 Å². The molecular formula is C13H15N5O4S. The molecule has 0 aromatic carbocycles. The van der Waals surface area contributed by atoms with Gasteiger partial charge < -0.3 is 15.5 Å². The first kappa shape index (κ1) is 15.4. The molecule has 3 rings (SSSR count). The minimum atomic E-state index is -0.905. The third-order valence-electron chi connectivity index (χ3n) is 3.92. The summed E-state index contributed by atoms with van der Waals surface area (Å²) in [6, 6.07) is -0.491. The van der Waals surface area contributed by atoms with E-state index in [1.54, 1.807) is 10.3 Å². The Balaban J connectivity index is 1.64. The van der Waals surface area contributed by atoms with Crippen molar-refractivity contribution >= 4 is 40.2 Å². The molecule has 122 valence electrons. The molecule has 2 aliphatic heterocycles. The Bertz CT molecular complexity index is 692. The van der Waals surface area contributed by atoms with Crippen LogP contribution in [0.15, 0.2) is 5.38 Å². The van der Waals surface area contributed by atoms with E-state index in [4.69, 9.17) is 0 Å². The van der Waals surface area contributed by atoms with Crippen LogP contribution in [-0.2, 0) is 9.59 Å². The van der Waals surface area contributed by atoms with Gasteiger partial charge in [0.1, 0.15) is 11.2 Å². The van der Waals surface area contributed by atoms with Gasteiger partial charge in [0, 0.05) is 25.4 Å². The average molecular weight is 337 g/mol. The second-order valence-corrected chi connectivity index (χ2v) is 6.36. The van der Waals surface area contributed by atoms with Gasteiger partial charge >= 0.3 is 6.03 Å². The van der Waals surface area contributed by atoms with Gasteiger partial charge in [-0.15, -0.1) is 11.3 Å². The predicted octanol–water partition coefficient (Wildman–Crippen LogP) is -0.0843. The van der Waals surface area contributed by atoms with Crippen LogP contribution in [0.5, 0.6) is 0 Å². The summed E-state index contributed by atoms with van der Waals surface area (Å²) in [5, 5.41) is 9.36. The number of hydrogen-bond acceptors (Lipinski definition) is 6. The van der Waals surface area contributed by atoms with Crippen LogP contribution in [0.3, 0.4) is 0 Å². The van der Waals surface area contributed by atoms with Crippen LogP contribution in [0.4, 0.5) is 9.93 Å². The van der Waals surface area contributed by atoms with Crippen LogP contribution >= 0.6 is 11.3 Å². The van der Waals surface area contributed by atoms with Crippen molar-refractivity contribution in [2.45, 2.75) is 25.3 Å². The third-order valence-corrected chi connectivity index (χ3v) is 4.68. The molecule has 10 heteroatoms. The van der Waals surface area contributed by atoms with Crippen LogP contribution in [-0.4, -0.2) is 52.3 Å². The van der Waals surface area contributed by atoms with Gasteiger partial charge in [-0.25, -0.2) is 9.78 Å². The van der Waals surface area contributed by atoms with Crippen molar-refractivity contribution in [2.75, 3.05) is 18.4 Å². The van der Waals surface area contributed by atoms with Crippen molar-refractivity contribution in [2.24, 2.45) is 0 Å². The molecular weight excluding hydrogens is 322 g/mol. The topological polar surface area (TPSA) is 120 Å². The smallest absolute Gasteiger partial charge is 0.322 e. The lowest BCUT2D eigenvalue weighted by Crippen LogP contribution is -2.55. The van der Waals surface area contributed by atoms with E-state index >= 15 is 0 Å². The molecule has 0 bridgehead atoms. The normalized spacial score (nSPS) is 19.4.